The maximum absolute atomic E-state index is 13.1. The van der Waals surface area contributed by atoms with E-state index in [4.69, 9.17) is 9.56 Å². The highest BCUT2D eigenvalue weighted by Crippen LogP contribution is 2.22. The van der Waals surface area contributed by atoms with Crippen LogP contribution in [0.2, 0.25) is 0 Å². The topological polar surface area (TPSA) is 102 Å². The van der Waals surface area contributed by atoms with Crippen LogP contribution in [0, 0.1) is 5.82 Å². The van der Waals surface area contributed by atoms with Crippen molar-refractivity contribution in [3.05, 3.63) is 48.2 Å². The highest BCUT2D eigenvalue weighted by molar-refractivity contribution is 7.89. The summed E-state index contributed by atoms with van der Waals surface area (Å²) >= 11 is 0. The lowest BCUT2D eigenvalue weighted by Gasteiger charge is -2.08. The fourth-order valence-corrected chi connectivity index (χ4v) is 2.11. The number of primary sulfonamides is 1. The number of amides is 1. The van der Waals surface area contributed by atoms with E-state index in [1.54, 1.807) is 0 Å². The third-order valence-electron chi connectivity index (χ3n) is 2.24. The van der Waals surface area contributed by atoms with Crippen LogP contribution >= 0.6 is 0 Å². The molecule has 0 spiro atoms. The largest absolute Gasteiger partial charge is 0.459 e. The van der Waals surface area contributed by atoms with Crippen molar-refractivity contribution in [2.45, 2.75) is 4.90 Å². The predicted molar refractivity (Wildman–Crippen MR) is 64.4 cm³/mol. The Balaban J connectivity index is 2.39. The lowest BCUT2D eigenvalue weighted by molar-refractivity contribution is 0.0996. The first-order valence-corrected chi connectivity index (χ1v) is 6.60. The molecule has 1 aromatic carbocycles. The van der Waals surface area contributed by atoms with Crippen molar-refractivity contribution in [1.82, 2.24) is 0 Å². The maximum atomic E-state index is 13.1. The average molecular weight is 284 g/mol. The molecule has 1 amide bonds. The normalized spacial score (nSPS) is 11.3. The van der Waals surface area contributed by atoms with E-state index in [1.165, 1.54) is 18.4 Å². The summed E-state index contributed by atoms with van der Waals surface area (Å²) in [4.78, 5) is 11.3. The molecule has 0 atom stereocenters. The van der Waals surface area contributed by atoms with Crippen LogP contribution in [-0.2, 0) is 10.0 Å². The summed E-state index contributed by atoms with van der Waals surface area (Å²) < 4.78 is 40.6. The van der Waals surface area contributed by atoms with Gasteiger partial charge in [-0.25, -0.2) is 17.9 Å². The molecular weight excluding hydrogens is 275 g/mol. The van der Waals surface area contributed by atoms with Gasteiger partial charge in [0.2, 0.25) is 10.0 Å². The summed E-state index contributed by atoms with van der Waals surface area (Å²) in [6, 6.07) is 5.64. The molecule has 100 valence electrons. The smallest absolute Gasteiger partial charge is 0.291 e. The van der Waals surface area contributed by atoms with Crippen LogP contribution in [0.4, 0.5) is 10.1 Å². The molecule has 1 heterocycles. The van der Waals surface area contributed by atoms with Gasteiger partial charge in [-0.05, 0) is 30.3 Å². The van der Waals surface area contributed by atoms with Crippen LogP contribution in [0.25, 0.3) is 0 Å². The van der Waals surface area contributed by atoms with Gasteiger partial charge in [0, 0.05) is 0 Å². The number of rotatable bonds is 3. The Hall–Kier alpha value is -2.19. The Labute approximate surface area is 108 Å². The lowest BCUT2D eigenvalue weighted by atomic mass is 10.3. The second-order valence-corrected chi connectivity index (χ2v) is 5.15. The van der Waals surface area contributed by atoms with E-state index in [-0.39, 0.29) is 16.3 Å². The van der Waals surface area contributed by atoms with Gasteiger partial charge < -0.3 is 9.73 Å². The molecule has 8 heteroatoms. The van der Waals surface area contributed by atoms with Crippen molar-refractivity contribution < 1.29 is 22.0 Å². The zero-order valence-corrected chi connectivity index (χ0v) is 10.3. The van der Waals surface area contributed by atoms with E-state index >= 15 is 0 Å². The number of carbonyl (C=O) groups excluding carboxylic acids is 1. The molecule has 19 heavy (non-hydrogen) atoms. The number of furan rings is 1. The number of nitrogens with two attached hydrogens (primary N) is 1. The van der Waals surface area contributed by atoms with E-state index in [1.807, 2.05) is 0 Å². The molecule has 0 aliphatic heterocycles. The number of carbonyl (C=O) groups is 1. The van der Waals surface area contributed by atoms with Gasteiger partial charge in [0.25, 0.3) is 5.91 Å². The number of sulfonamides is 1. The predicted octanol–water partition coefficient (Wildman–Crippen LogP) is 1.32. The molecule has 0 aliphatic carbocycles. The quantitative estimate of drug-likeness (QED) is 0.887. The number of hydrogen-bond donors (Lipinski definition) is 2. The van der Waals surface area contributed by atoms with Crippen LogP contribution in [-0.4, -0.2) is 14.3 Å². The molecule has 3 N–H and O–H groups in total. The average Bonchev–Trinajstić information content (AvgIpc) is 2.80. The Bertz CT molecular complexity index is 710. The van der Waals surface area contributed by atoms with Gasteiger partial charge >= 0.3 is 0 Å². The Morgan fingerprint density at radius 1 is 1.32 bits per heavy atom. The Kier molecular flexibility index (Phi) is 3.36. The minimum absolute atomic E-state index is 0.0374. The zero-order valence-electron chi connectivity index (χ0n) is 9.46. The molecule has 0 aliphatic rings. The Morgan fingerprint density at radius 3 is 2.63 bits per heavy atom. The van der Waals surface area contributed by atoms with Gasteiger partial charge in [0.1, 0.15) is 10.7 Å². The molecule has 1 aromatic heterocycles. The molecule has 0 unspecified atom stereocenters. The molecule has 0 fully saturated rings. The molecular formula is C11H9FN2O4S. The van der Waals surface area contributed by atoms with Crippen molar-refractivity contribution in [3.63, 3.8) is 0 Å². The van der Waals surface area contributed by atoms with Gasteiger partial charge in [-0.1, -0.05) is 0 Å². The minimum atomic E-state index is -4.08. The third kappa shape index (κ3) is 2.98. The van der Waals surface area contributed by atoms with Crippen molar-refractivity contribution in [2.24, 2.45) is 5.14 Å². The minimum Gasteiger partial charge on any atom is -0.459 e. The summed E-state index contributed by atoms with van der Waals surface area (Å²) in [5, 5.41) is 7.21. The maximum Gasteiger partial charge on any atom is 0.291 e. The summed E-state index contributed by atoms with van der Waals surface area (Å²) in [6.45, 7) is 0. The summed E-state index contributed by atoms with van der Waals surface area (Å²) in [5.74, 6) is -1.45. The monoisotopic (exact) mass is 284 g/mol. The van der Waals surface area contributed by atoms with Gasteiger partial charge in [-0.2, -0.15) is 0 Å². The zero-order chi connectivity index (χ0) is 14.0. The number of nitrogens with one attached hydrogen (secondary N) is 1. The van der Waals surface area contributed by atoms with E-state index < -0.39 is 21.7 Å². The van der Waals surface area contributed by atoms with Gasteiger partial charge in [0.15, 0.2) is 5.76 Å². The molecule has 0 radical (unpaired) electrons. The highest BCUT2D eigenvalue weighted by Gasteiger charge is 2.18. The molecule has 2 rings (SSSR count). The van der Waals surface area contributed by atoms with Crippen molar-refractivity contribution in [2.75, 3.05) is 5.32 Å². The number of anilines is 1. The van der Waals surface area contributed by atoms with E-state index in [9.17, 15) is 17.6 Å². The Morgan fingerprint density at radius 2 is 2.05 bits per heavy atom. The first-order chi connectivity index (χ1) is 8.88. The molecule has 2 aromatic rings. The van der Waals surface area contributed by atoms with Crippen LogP contribution < -0.4 is 10.5 Å². The summed E-state index contributed by atoms with van der Waals surface area (Å²) in [5.41, 5.74) is -0.246. The van der Waals surface area contributed by atoms with Gasteiger partial charge in [-0.15, -0.1) is 0 Å². The summed E-state index contributed by atoms with van der Waals surface area (Å²) in [6.07, 6.45) is 1.28. The van der Waals surface area contributed by atoms with Crippen LogP contribution in [0.15, 0.2) is 45.9 Å². The highest BCUT2D eigenvalue weighted by atomic mass is 32.2. The fraction of sp³-hybridized carbons (Fsp3) is 0. The summed E-state index contributed by atoms with van der Waals surface area (Å²) in [7, 11) is -4.08. The van der Waals surface area contributed by atoms with Crippen LogP contribution in [0.1, 0.15) is 10.6 Å². The second kappa shape index (κ2) is 4.82. The van der Waals surface area contributed by atoms with E-state index in [0.717, 1.165) is 18.2 Å². The molecule has 6 nitrogen and oxygen atoms in total. The first kappa shape index (κ1) is 13.2. The van der Waals surface area contributed by atoms with E-state index in [2.05, 4.69) is 5.32 Å². The molecule has 0 bridgehead atoms. The van der Waals surface area contributed by atoms with Crippen molar-refractivity contribution in [3.8, 4) is 0 Å². The molecule has 0 saturated heterocycles. The first-order valence-electron chi connectivity index (χ1n) is 5.05. The SMILES string of the molecule is NS(=O)(=O)c1ccc(F)cc1NC(=O)c1ccco1. The van der Waals surface area contributed by atoms with E-state index in [0.29, 0.717) is 0 Å². The van der Waals surface area contributed by atoms with Crippen molar-refractivity contribution >= 4 is 21.6 Å². The molecule has 0 saturated carbocycles. The number of benzene rings is 1. The van der Waals surface area contributed by atoms with Crippen LogP contribution in [0.3, 0.4) is 0 Å². The lowest BCUT2D eigenvalue weighted by Crippen LogP contribution is -2.18. The van der Waals surface area contributed by atoms with Crippen LogP contribution in [0.5, 0.6) is 0 Å². The second-order valence-electron chi connectivity index (χ2n) is 3.62. The van der Waals surface area contributed by atoms with Gasteiger partial charge in [0.05, 0.1) is 12.0 Å². The third-order valence-corrected chi connectivity index (χ3v) is 3.21. The number of hydrogen-bond acceptors (Lipinski definition) is 4. The standard InChI is InChI=1S/C11H9FN2O4S/c12-7-3-4-10(19(13,16)17)8(6-7)14-11(15)9-2-1-5-18-9/h1-6H,(H,14,15)(H2,13,16,17). The fourth-order valence-electron chi connectivity index (χ4n) is 1.44. The van der Waals surface area contributed by atoms with Gasteiger partial charge in [-0.3, -0.25) is 4.79 Å². The number of halogens is 1. The van der Waals surface area contributed by atoms with Crippen molar-refractivity contribution in [1.29, 1.82) is 0 Å².